The fourth-order valence-corrected chi connectivity index (χ4v) is 3.52. The number of fused-ring (bicyclic) bond motifs is 1. The third-order valence-electron chi connectivity index (χ3n) is 5.09. The van der Waals surface area contributed by atoms with E-state index >= 15 is 0 Å². The Hall–Kier alpha value is -3.43. The molecule has 3 nitrogen and oxygen atoms in total. The SMILES string of the molecule is C[C@H](NC(c1ccccc1)c1ccccc1)C(=O)Nc1ccc2ccccc2c1. The predicted molar refractivity (Wildman–Crippen MR) is 120 cm³/mol. The molecule has 0 bridgehead atoms. The summed E-state index contributed by atoms with van der Waals surface area (Å²) in [6, 6.07) is 34.1. The Morgan fingerprint density at radius 2 is 1.24 bits per heavy atom. The van der Waals surface area contributed by atoms with Gasteiger partial charge in [-0.05, 0) is 41.0 Å². The minimum Gasteiger partial charge on any atom is -0.325 e. The van der Waals surface area contributed by atoms with E-state index in [0.717, 1.165) is 27.6 Å². The number of carbonyl (C=O) groups is 1. The van der Waals surface area contributed by atoms with Crippen LogP contribution >= 0.6 is 0 Å². The smallest absolute Gasteiger partial charge is 0.241 e. The molecule has 0 saturated heterocycles. The first-order valence-electron chi connectivity index (χ1n) is 9.86. The largest absolute Gasteiger partial charge is 0.325 e. The molecule has 1 atom stereocenters. The molecule has 3 heteroatoms. The van der Waals surface area contributed by atoms with Crippen LogP contribution in [-0.2, 0) is 4.79 Å². The summed E-state index contributed by atoms with van der Waals surface area (Å²) in [5, 5.41) is 8.80. The molecule has 0 radical (unpaired) electrons. The fourth-order valence-electron chi connectivity index (χ4n) is 3.52. The molecule has 0 fully saturated rings. The van der Waals surface area contributed by atoms with Crippen molar-refractivity contribution in [2.45, 2.75) is 19.0 Å². The summed E-state index contributed by atoms with van der Waals surface area (Å²) in [7, 11) is 0. The molecule has 0 spiro atoms. The lowest BCUT2D eigenvalue weighted by atomic mass is 9.98. The summed E-state index contributed by atoms with van der Waals surface area (Å²) in [5.41, 5.74) is 3.06. The zero-order chi connectivity index (χ0) is 20.1. The molecule has 4 aromatic rings. The standard InChI is InChI=1S/C26H24N2O/c1-19(26(29)28-24-17-16-20-10-8-9-15-23(20)18-24)27-25(21-11-4-2-5-12-21)22-13-6-3-7-14-22/h2-19,25,27H,1H3,(H,28,29)/t19-/m0/s1. The van der Waals surface area contributed by atoms with E-state index in [4.69, 9.17) is 0 Å². The van der Waals surface area contributed by atoms with E-state index in [1.54, 1.807) is 0 Å². The van der Waals surface area contributed by atoms with Crippen molar-refractivity contribution in [1.82, 2.24) is 5.32 Å². The first-order chi connectivity index (χ1) is 14.2. The van der Waals surface area contributed by atoms with Crippen LogP contribution in [0.1, 0.15) is 24.1 Å². The molecule has 4 rings (SSSR count). The summed E-state index contributed by atoms with van der Waals surface area (Å²) < 4.78 is 0. The highest BCUT2D eigenvalue weighted by Crippen LogP contribution is 2.23. The molecule has 144 valence electrons. The van der Waals surface area contributed by atoms with E-state index in [1.165, 1.54) is 0 Å². The highest BCUT2D eigenvalue weighted by atomic mass is 16.2. The average molecular weight is 380 g/mol. The molecular formula is C26H24N2O. The first kappa shape index (κ1) is 18.9. The van der Waals surface area contributed by atoms with Gasteiger partial charge in [0.15, 0.2) is 0 Å². The third kappa shape index (κ3) is 4.53. The number of carbonyl (C=O) groups excluding carboxylic acids is 1. The Balaban J connectivity index is 1.52. The van der Waals surface area contributed by atoms with E-state index < -0.39 is 0 Å². The predicted octanol–water partition coefficient (Wildman–Crippen LogP) is 5.55. The van der Waals surface area contributed by atoms with Gasteiger partial charge in [0.1, 0.15) is 0 Å². The van der Waals surface area contributed by atoms with Crippen molar-refractivity contribution in [2.75, 3.05) is 5.32 Å². The molecule has 0 heterocycles. The highest BCUT2D eigenvalue weighted by Gasteiger charge is 2.20. The van der Waals surface area contributed by atoms with Gasteiger partial charge in [0, 0.05) is 5.69 Å². The summed E-state index contributed by atoms with van der Waals surface area (Å²) in [5.74, 6) is -0.0582. The van der Waals surface area contributed by atoms with Crippen molar-refractivity contribution in [1.29, 1.82) is 0 Å². The minimum absolute atomic E-state index is 0.0582. The lowest BCUT2D eigenvalue weighted by molar-refractivity contribution is -0.117. The van der Waals surface area contributed by atoms with Crippen LogP contribution in [0.4, 0.5) is 5.69 Å². The lowest BCUT2D eigenvalue weighted by Crippen LogP contribution is -2.40. The summed E-state index contributed by atoms with van der Waals surface area (Å²) in [4.78, 5) is 12.9. The van der Waals surface area contributed by atoms with Crippen molar-refractivity contribution in [3.8, 4) is 0 Å². The van der Waals surface area contributed by atoms with Gasteiger partial charge in [-0.25, -0.2) is 0 Å². The summed E-state index contributed by atoms with van der Waals surface area (Å²) in [6.45, 7) is 1.90. The number of hydrogen-bond donors (Lipinski definition) is 2. The van der Waals surface area contributed by atoms with Crippen molar-refractivity contribution < 1.29 is 4.79 Å². The third-order valence-corrected chi connectivity index (χ3v) is 5.09. The molecule has 0 aliphatic heterocycles. The Labute approximate surface area is 171 Å². The molecule has 0 aromatic heterocycles. The van der Waals surface area contributed by atoms with E-state index in [-0.39, 0.29) is 18.0 Å². The van der Waals surface area contributed by atoms with Gasteiger partial charge in [-0.3, -0.25) is 10.1 Å². The molecule has 2 N–H and O–H groups in total. The molecule has 29 heavy (non-hydrogen) atoms. The minimum atomic E-state index is -0.369. The zero-order valence-electron chi connectivity index (χ0n) is 16.4. The number of nitrogens with one attached hydrogen (secondary N) is 2. The number of benzene rings is 4. The van der Waals surface area contributed by atoms with Crippen molar-refractivity contribution >= 4 is 22.4 Å². The van der Waals surface area contributed by atoms with Crippen LogP contribution in [-0.4, -0.2) is 11.9 Å². The van der Waals surface area contributed by atoms with Crippen LogP contribution in [0.5, 0.6) is 0 Å². The van der Waals surface area contributed by atoms with Gasteiger partial charge in [0.2, 0.25) is 5.91 Å². The first-order valence-corrected chi connectivity index (χ1v) is 9.86. The van der Waals surface area contributed by atoms with Crippen molar-refractivity contribution in [3.63, 3.8) is 0 Å². The second kappa shape index (κ2) is 8.72. The van der Waals surface area contributed by atoms with E-state index in [1.807, 2.05) is 79.7 Å². The van der Waals surface area contributed by atoms with E-state index in [9.17, 15) is 4.79 Å². The Morgan fingerprint density at radius 1 is 0.690 bits per heavy atom. The van der Waals surface area contributed by atoms with Crippen LogP contribution in [0.25, 0.3) is 10.8 Å². The highest BCUT2D eigenvalue weighted by molar-refractivity contribution is 5.97. The summed E-state index contributed by atoms with van der Waals surface area (Å²) in [6.07, 6.45) is 0. The molecule has 4 aromatic carbocycles. The maximum Gasteiger partial charge on any atom is 0.241 e. The van der Waals surface area contributed by atoms with Gasteiger partial charge >= 0.3 is 0 Å². The van der Waals surface area contributed by atoms with Crippen molar-refractivity contribution in [2.24, 2.45) is 0 Å². The van der Waals surface area contributed by atoms with Gasteiger partial charge in [-0.1, -0.05) is 91.0 Å². The van der Waals surface area contributed by atoms with Crippen LogP contribution in [0.3, 0.4) is 0 Å². The van der Waals surface area contributed by atoms with Crippen LogP contribution in [0, 0.1) is 0 Å². The topological polar surface area (TPSA) is 41.1 Å². The second-order valence-electron chi connectivity index (χ2n) is 7.19. The van der Waals surface area contributed by atoms with Gasteiger partial charge in [0.25, 0.3) is 0 Å². The molecule has 0 aliphatic rings. The molecule has 0 saturated carbocycles. The lowest BCUT2D eigenvalue weighted by Gasteiger charge is -2.24. The number of hydrogen-bond acceptors (Lipinski definition) is 2. The Morgan fingerprint density at radius 3 is 1.86 bits per heavy atom. The second-order valence-corrected chi connectivity index (χ2v) is 7.19. The number of rotatable bonds is 6. The molecule has 0 unspecified atom stereocenters. The normalized spacial score (nSPS) is 12.1. The Kier molecular flexibility index (Phi) is 5.68. The zero-order valence-corrected chi connectivity index (χ0v) is 16.4. The van der Waals surface area contributed by atoms with Gasteiger partial charge < -0.3 is 5.32 Å². The van der Waals surface area contributed by atoms with Gasteiger partial charge in [0.05, 0.1) is 12.1 Å². The van der Waals surface area contributed by atoms with Crippen LogP contribution < -0.4 is 10.6 Å². The van der Waals surface area contributed by atoms with Crippen LogP contribution in [0.2, 0.25) is 0 Å². The van der Waals surface area contributed by atoms with Crippen LogP contribution in [0.15, 0.2) is 103 Å². The average Bonchev–Trinajstić information content (AvgIpc) is 2.78. The Bertz CT molecular complexity index is 1050. The maximum atomic E-state index is 12.9. The number of amides is 1. The molecular weight excluding hydrogens is 356 g/mol. The summed E-state index contributed by atoms with van der Waals surface area (Å²) >= 11 is 0. The molecule has 0 aliphatic carbocycles. The number of anilines is 1. The van der Waals surface area contributed by atoms with E-state index in [2.05, 4.69) is 41.0 Å². The van der Waals surface area contributed by atoms with Gasteiger partial charge in [-0.2, -0.15) is 0 Å². The van der Waals surface area contributed by atoms with Gasteiger partial charge in [-0.15, -0.1) is 0 Å². The fraction of sp³-hybridized carbons (Fsp3) is 0.115. The quantitative estimate of drug-likeness (QED) is 0.461. The van der Waals surface area contributed by atoms with E-state index in [0.29, 0.717) is 0 Å². The monoisotopic (exact) mass is 380 g/mol. The maximum absolute atomic E-state index is 12.9. The van der Waals surface area contributed by atoms with Crippen molar-refractivity contribution in [3.05, 3.63) is 114 Å². The molecule has 1 amide bonds.